The van der Waals surface area contributed by atoms with Crippen LogP contribution in [0, 0.1) is 6.92 Å². The zero-order chi connectivity index (χ0) is 18.8. The summed E-state index contributed by atoms with van der Waals surface area (Å²) < 4.78 is 6.02. The van der Waals surface area contributed by atoms with Crippen LogP contribution in [-0.2, 0) is 0 Å². The highest BCUT2D eigenvalue weighted by molar-refractivity contribution is 6.08. The zero-order valence-corrected chi connectivity index (χ0v) is 16.3. The molecule has 0 unspecified atom stereocenters. The molecule has 1 aliphatic rings. The van der Waals surface area contributed by atoms with Gasteiger partial charge in [-0.2, -0.15) is 0 Å². The molecular formula is C23H28N2O2. The van der Waals surface area contributed by atoms with E-state index in [4.69, 9.17) is 4.42 Å². The molecule has 0 aliphatic carbocycles. The summed E-state index contributed by atoms with van der Waals surface area (Å²) >= 11 is 0. The van der Waals surface area contributed by atoms with Crippen molar-refractivity contribution < 1.29 is 9.21 Å². The smallest absolute Gasteiger partial charge is 0.287 e. The van der Waals surface area contributed by atoms with Crippen molar-refractivity contribution in [3.8, 4) is 0 Å². The number of aryl methyl sites for hydroxylation is 1. The molecule has 3 aromatic rings. The number of hydrogen-bond acceptors (Lipinski definition) is 3. The topological polar surface area (TPSA) is 45.5 Å². The molecule has 1 atom stereocenters. The van der Waals surface area contributed by atoms with Gasteiger partial charge in [-0.15, -0.1) is 0 Å². The van der Waals surface area contributed by atoms with Crippen LogP contribution in [0.4, 0.5) is 0 Å². The van der Waals surface area contributed by atoms with Gasteiger partial charge in [0.15, 0.2) is 5.76 Å². The largest absolute Gasteiger partial charge is 0.450 e. The number of rotatable bonds is 5. The highest BCUT2D eigenvalue weighted by Gasteiger charge is 2.20. The Kier molecular flexibility index (Phi) is 5.17. The molecular weight excluding hydrogens is 336 g/mol. The Bertz CT molecular complexity index is 960. The first-order chi connectivity index (χ1) is 13.1. The van der Waals surface area contributed by atoms with Crippen LogP contribution in [0.25, 0.3) is 21.7 Å². The van der Waals surface area contributed by atoms with Gasteiger partial charge in [0, 0.05) is 35.5 Å². The molecule has 1 fully saturated rings. The quantitative estimate of drug-likeness (QED) is 0.656. The highest BCUT2D eigenvalue weighted by Crippen LogP contribution is 2.31. The molecule has 0 saturated carbocycles. The van der Waals surface area contributed by atoms with Crippen LogP contribution in [0.2, 0.25) is 0 Å². The summed E-state index contributed by atoms with van der Waals surface area (Å²) in [4.78, 5) is 15.2. The number of amides is 1. The summed E-state index contributed by atoms with van der Waals surface area (Å²) in [5.41, 5.74) is 1.72. The fraction of sp³-hybridized carbons (Fsp3) is 0.435. The molecule has 4 heteroatoms. The summed E-state index contributed by atoms with van der Waals surface area (Å²) in [5, 5.41) is 6.24. The number of fused-ring (bicyclic) bond motifs is 3. The molecule has 1 N–H and O–H groups in total. The molecule has 142 valence electrons. The lowest BCUT2D eigenvalue weighted by Gasteiger charge is -2.33. The first-order valence-corrected chi connectivity index (χ1v) is 10.1. The SMILES string of the molecule is Cc1c(C(=O)NCCCN2CCCC[C@H]2C)oc2c1ccc1ccccc12. The number of benzene rings is 2. The van der Waals surface area contributed by atoms with Gasteiger partial charge in [-0.05, 0) is 45.0 Å². The van der Waals surface area contributed by atoms with Crippen LogP contribution >= 0.6 is 0 Å². The van der Waals surface area contributed by atoms with Crippen LogP contribution in [0.3, 0.4) is 0 Å². The average molecular weight is 364 g/mol. The van der Waals surface area contributed by atoms with Gasteiger partial charge in [-0.1, -0.05) is 42.8 Å². The lowest BCUT2D eigenvalue weighted by atomic mass is 10.0. The molecule has 4 rings (SSSR count). The van der Waals surface area contributed by atoms with Crippen LogP contribution in [0.15, 0.2) is 40.8 Å². The summed E-state index contributed by atoms with van der Waals surface area (Å²) in [6.07, 6.45) is 4.90. The van der Waals surface area contributed by atoms with Crippen molar-refractivity contribution in [2.24, 2.45) is 0 Å². The minimum atomic E-state index is -0.112. The van der Waals surface area contributed by atoms with Gasteiger partial charge in [0.25, 0.3) is 5.91 Å². The van der Waals surface area contributed by atoms with Crippen LogP contribution in [-0.4, -0.2) is 36.5 Å². The number of likely N-dealkylation sites (tertiary alicyclic amines) is 1. The predicted octanol–water partition coefficient (Wildman–Crippen LogP) is 4.89. The molecule has 4 nitrogen and oxygen atoms in total. The van der Waals surface area contributed by atoms with Gasteiger partial charge in [0.05, 0.1) is 0 Å². The van der Waals surface area contributed by atoms with Crippen molar-refractivity contribution in [3.63, 3.8) is 0 Å². The van der Waals surface area contributed by atoms with E-state index >= 15 is 0 Å². The second-order valence-electron chi connectivity index (χ2n) is 7.71. The van der Waals surface area contributed by atoms with E-state index in [2.05, 4.69) is 29.3 Å². The highest BCUT2D eigenvalue weighted by atomic mass is 16.3. The number of furan rings is 1. The van der Waals surface area contributed by atoms with E-state index in [0.717, 1.165) is 40.3 Å². The van der Waals surface area contributed by atoms with Crippen molar-refractivity contribution in [3.05, 3.63) is 47.7 Å². The number of piperidine rings is 1. The monoisotopic (exact) mass is 364 g/mol. The maximum absolute atomic E-state index is 12.7. The van der Waals surface area contributed by atoms with Crippen molar-refractivity contribution in [1.29, 1.82) is 0 Å². The average Bonchev–Trinajstić information content (AvgIpc) is 3.03. The molecule has 2 heterocycles. The van der Waals surface area contributed by atoms with Crippen LogP contribution in [0.5, 0.6) is 0 Å². The van der Waals surface area contributed by atoms with E-state index in [1.165, 1.54) is 25.8 Å². The zero-order valence-electron chi connectivity index (χ0n) is 16.3. The number of nitrogens with zero attached hydrogens (tertiary/aromatic N) is 1. The molecule has 1 aliphatic heterocycles. The Balaban J connectivity index is 1.43. The molecule has 1 amide bonds. The van der Waals surface area contributed by atoms with Gasteiger partial charge >= 0.3 is 0 Å². The molecule has 0 bridgehead atoms. The second-order valence-corrected chi connectivity index (χ2v) is 7.71. The lowest BCUT2D eigenvalue weighted by Crippen LogP contribution is -2.39. The fourth-order valence-electron chi connectivity index (χ4n) is 4.22. The van der Waals surface area contributed by atoms with Gasteiger partial charge in [-0.25, -0.2) is 0 Å². The van der Waals surface area contributed by atoms with Gasteiger partial charge in [0.1, 0.15) is 5.58 Å². The fourth-order valence-corrected chi connectivity index (χ4v) is 4.22. The summed E-state index contributed by atoms with van der Waals surface area (Å²) in [7, 11) is 0. The maximum atomic E-state index is 12.7. The Labute approximate surface area is 160 Å². The third-order valence-electron chi connectivity index (χ3n) is 5.88. The first kappa shape index (κ1) is 18.1. The van der Waals surface area contributed by atoms with E-state index in [0.29, 0.717) is 18.3 Å². The minimum Gasteiger partial charge on any atom is -0.450 e. The molecule has 1 aromatic heterocycles. The summed E-state index contributed by atoms with van der Waals surface area (Å²) in [5.74, 6) is 0.326. The van der Waals surface area contributed by atoms with Crippen molar-refractivity contribution >= 4 is 27.6 Å². The van der Waals surface area contributed by atoms with Gasteiger partial charge in [-0.3, -0.25) is 4.79 Å². The molecule has 2 aromatic carbocycles. The summed E-state index contributed by atoms with van der Waals surface area (Å²) in [6.45, 7) is 7.18. The normalized spacial score (nSPS) is 18.2. The standard InChI is InChI=1S/C23H28N2O2/c1-16-8-5-6-14-25(16)15-7-13-24-23(26)21-17(2)19-12-11-18-9-3-4-10-20(18)22(19)27-21/h3-4,9-12,16H,5-8,13-15H2,1-2H3,(H,24,26)/t16-/m1/s1. The number of nitrogens with one attached hydrogen (secondary N) is 1. The van der Waals surface area contributed by atoms with Crippen molar-refractivity contribution in [2.45, 2.75) is 45.6 Å². The Hall–Kier alpha value is -2.33. The number of hydrogen-bond donors (Lipinski definition) is 1. The van der Waals surface area contributed by atoms with E-state index < -0.39 is 0 Å². The number of carbonyl (C=O) groups is 1. The Morgan fingerprint density at radius 3 is 2.89 bits per heavy atom. The maximum Gasteiger partial charge on any atom is 0.287 e. The third kappa shape index (κ3) is 3.59. The Morgan fingerprint density at radius 2 is 2.04 bits per heavy atom. The third-order valence-corrected chi connectivity index (χ3v) is 5.88. The number of carbonyl (C=O) groups excluding carboxylic acids is 1. The van der Waals surface area contributed by atoms with Crippen LogP contribution < -0.4 is 5.32 Å². The molecule has 1 saturated heterocycles. The Morgan fingerprint density at radius 1 is 1.19 bits per heavy atom. The first-order valence-electron chi connectivity index (χ1n) is 10.1. The van der Waals surface area contributed by atoms with Gasteiger partial charge < -0.3 is 14.6 Å². The predicted molar refractivity (Wildman–Crippen MR) is 110 cm³/mol. The van der Waals surface area contributed by atoms with Gasteiger partial charge in [0.2, 0.25) is 0 Å². The lowest BCUT2D eigenvalue weighted by molar-refractivity contribution is 0.0922. The molecule has 0 radical (unpaired) electrons. The van der Waals surface area contributed by atoms with Crippen LogP contribution in [0.1, 0.15) is 48.7 Å². The summed E-state index contributed by atoms with van der Waals surface area (Å²) in [6, 6.07) is 12.9. The van der Waals surface area contributed by atoms with Crippen molar-refractivity contribution in [1.82, 2.24) is 10.2 Å². The van der Waals surface area contributed by atoms with Crippen molar-refractivity contribution in [2.75, 3.05) is 19.6 Å². The molecule has 27 heavy (non-hydrogen) atoms. The van der Waals surface area contributed by atoms with E-state index in [1.54, 1.807) is 0 Å². The second kappa shape index (κ2) is 7.73. The minimum absolute atomic E-state index is 0.112. The van der Waals surface area contributed by atoms with E-state index in [1.807, 2.05) is 31.2 Å². The molecule has 0 spiro atoms. The van der Waals surface area contributed by atoms with E-state index in [-0.39, 0.29) is 5.91 Å². The van der Waals surface area contributed by atoms with E-state index in [9.17, 15) is 4.79 Å².